The number of ether oxygens (including phenoxy) is 3. The number of hydrogen-bond acceptors (Lipinski definition) is 6. The summed E-state index contributed by atoms with van der Waals surface area (Å²) in [6, 6.07) is 0. The van der Waals surface area contributed by atoms with Crippen LogP contribution < -0.4 is 0 Å². The fraction of sp³-hybridized carbons (Fsp3) is 0.875. The molecule has 1 fully saturated rings. The van der Waals surface area contributed by atoms with Crippen LogP contribution >= 0.6 is 0 Å². The molecule has 1 aliphatic heterocycles. The lowest BCUT2D eigenvalue weighted by Crippen LogP contribution is -2.60. The fourth-order valence-electron chi connectivity index (χ4n) is 1.57. The van der Waals surface area contributed by atoms with Gasteiger partial charge in [0.25, 0.3) is 0 Å². The van der Waals surface area contributed by atoms with Crippen molar-refractivity contribution in [3.8, 4) is 0 Å². The van der Waals surface area contributed by atoms with Gasteiger partial charge in [-0.05, 0) is 0 Å². The number of aliphatic hydroxyl groups excluding tert-OH is 2. The third kappa shape index (κ3) is 2.27. The summed E-state index contributed by atoms with van der Waals surface area (Å²) < 4.78 is 14.4. The smallest absolute Gasteiger partial charge is 0.335 e. The molecule has 15 heavy (non-hydrogen) atoms. The van der Waals surface area contributed by atoms with Gasteiger partial charge in [0.2, 0.25) is 0 Å². The van der Waals surface area contributed by atoms with E-state index in [1.807, 2.05) is 0 Å². The summed E-state index contributed by atoms with van der Waals surface area (Å²) in [6.07, 6.45) is -6.21. The Balaban J connectivity index is 2.84. The normalized spacial score (nSPS) is 41.5. The summed E-state index contributed by atoms with van der Waals surface area (Å²) in [5.74, 6) is -1.36. The van der Waals surface area contributed by atoms with Crippen LogP contribution in [-0.4, -0.2) is 66.2 Å². The average Bonchev–Trinajstić information content (AvgIpc) is 2.19. The Labute approximate surface area is 86.2 Å². The van der Waals surface area contributed by atoms with E-state index >= 15 is 0 Å². The number of rotatable bonds is 3. The average molecular weight is 222 g/mol. The predicted molar refractivity (Wildman–Crippen MR) is 46.1 cm³/mol. The third-order valence-electron chi connectivity index (χ3n) is 2.33. The second-order valence-corrected chi connectivity index (χ2v) is 3.18. The van der Waals surface area contributed by atoms with Crippen LogP contribution in [-0.2, 0) is 19.0 Å². The molecule has 7 nitrogen and oxygen atoms in total. The van der Waals surface area contributed by atoms with Crippen LogP contribution in [0.1, 0.15) is 0 Å². The molecule has 3 N–H and O–H groups in total. The largest absolute Gasteiger partial charge is 0.479 e. The van der Waals surface area contributed by atoms with E-state index in [4.69, 9.17) is 19.3 Å². The second-order valence-electron chi connectivity index (χ2n) is 3.18. The molecule has 0 amide bonds. The summed E-state index contributed by atoms with van der Waals surface area (Å²) in [4.78, 5) is 10.7. The minimum Gasteiger partial charge on any atom is -0.479 e. The van der Waals surface area contributed by atoms with Crippen LogP contribution in [0.15, 0.2) is 0 Å². The fourth-order valence-corrected chi connectivity index (χ4v) is 1.57. The first kappa shape index (κ1) is 12.3. The highest BCUT2D eigenvalue weighted by molar-refractivity contribution is 5.73. The molecule has 0 spiro atoms. The summed E-state index contributed by atoms with van der Waals surface area (Å²) in [5.41, 5.74) is 0. The SMILES string of the molecule is CO[C@@H]1[C@@H](OC)[C@H](O)[C@H](C(=O)O)O[C@@H]1O. The van der Waals surface area contributed by atoms with Crippen molar-refractivity contribution >= 4 is 5.97 Å². The van der Waals surface area contributed by atoms with Crippen molar-refractivity contribution in [2.75, 3.05) is 14.2 Å². The highest BCUT2D eigenvalue weighted by Gasteiger charge is 2.48. The summed E-state index contributed by atoms with van der Waals surface area (Å²) in [7, 11) is 2.59. The van der Waals surface area contributed by atoms with Crippen LogP contribution in [0.3, 0.4) is 0 Å². The molecule has 0 aromatic heterocycles. The van der Waals surface area contributed by atoms with Gasteiger partial charge in [0.15, 0.2) is 12.4 Å². The standard InChI is InChI=1S/C8H14O7/c1-13-4-3(9)5(7(10)11)15-8(12)6(4)14-2/h3-6,8-9,12H,1-2H3,(H,10,11)/t3-,4-,5+,6+,8-/m0/s1. The van der Waals surface area contributed by atoms with Crippen molar-refractivity contribution in [1.29, 1.82) is 0 Å². The van der Waals surface area contributed by atoms with Gasteiger partial charge in [-0.2, -0.15) is 0 Å². The number of aliphatic hydroxyl groups is 2. The molecule has 0 unspecified atom stereocenters. The molecule has 5 atom stereocenters. The number of hydrogen-bond donors (Lipinski definition) is 3. The zero-order valence-corrected chi connectivity index (χ0v) is 8.36. The molecule has 88 valence electrons. The minimum atomic E-state index is -1.52. The molecule has 7 heteroatoms. The first-order valence-electron chi connectivity index (χ1n) is 4.33. The van der Waals surface area contributed by atoms with E-state index in [2.05, 4.69) is 0 Å². The molecule has 1 aliphatic rings. The summed E-state index contributed by atoms with van der Waals surface area (Å²) in [5, 5.41) is 27.7. The van der Waals surface area contributed by atoms with Gasteiger partial charge in [-0.25, -0.2) is 4.79 Å². The van der Waals surface area contributed by atoms with Crippen molar-refractivity contribution in [2.24, 2.45) is 0 Å². The van der Waals surface area contributed by atoms with E-state index in [1.165, 1.54) is 14.2 Å². The van der Waals surface area contributed by atoms with Gasteiger partial charge < -0.3 is 29.5 Å². The van der Waals surface area contributed by atoms with Gasteiger partial charge in [-0.3, -0.25) is 0 Å². The maximum absolute atomic E-state index is 10.7. The maximum atomic E-state index is 10.7. The van der Waals surface area contributed by atoms with Gasteiger partial charge in [0.1, 0.15) is 18.3 Å². The van der Waals surface area contributed by atoms with Crippen LogP contribution in [0.25, 0.3) is 0 Å². The Morgan fingerprint density at radius 1 is 1.20 bits per heavy atom. The topological polar surface area (TPSA) is 105 Å². The van der Waals surface area contributed by atoms with Crippen LogP contribution in [0, 0.1) is 0 Å². The molecular formula is C8H14O7. The first-order chi connectivity index (χ1) is 7.02. The molecule has 1 heterocycles. The molecule has 1 rings (SSSR count). The van der Waals surface area contributed by atoms with E-state index in [0.717, 1.165) is 0 Å². The predicted octanol–water partition coefficient (Wildman–Crippen LogP) is -1.82. The Kier molecular flexibility index (Phi) is 4.00. The minimum absolute atomic E-state index is 0.916. The molecule has 0 aliphatic carbocycles. The number of carbonyl (C=O) groups is 1. The maximum Gasteiger partial charge on any atom is 0.335 e. The van der Waals surface area contributed by atoms with Crippen LogP contribution in [0.2, 0.25) is 0 Å². The molecule has 1 saturated heterocycles. The van der Waals surface area contributed by atoms with E-state index in [9.17, 15) is 15.0 Å². The van der Waals surface area contributed by atoms with Gasteiger partial charge >= 0.3 is 5.97 Å². The van der Waals surface area contributed by atoms with E-state index < -0.39 is 36.7 Å². The van der Waals surface area contributed by atoms with Crippen molar-refractivity contribution in [1.82, 2.24) is 0 Å². The monoisotopic (exact) mass is 222 g/mol. The van der Waals surface area contributed by atoms with Crippen molar-refractivity contribution in [2.45, 2.75) is 30.7 Å². The Hall–Kier alpha value is -0.730. The van der Waals surface area contributed by atoms with Crippen LogP contribution in [0.4, 0.5) is 0 Å². The molecular weight excluding hydrogens is 208 g/mol. The molecule has 0 aromatic rings. The van der Waals surface area contributed by atoms with Crippen molar-refractivity contribution in [3.63, 3.8) is 0 Å². The van der Waals surface area contributed by atoms with E-state index in [-0.39, 0.29) is 0 Å². The lowest BCUT2D eigenvalue weighted by Gasteiger charge is -2.39. The van der Waals surface area contributed by atoms with Crippen molar-refractivity contribution < 1.29 is 34.3 Å². The number of carboxylic acid groups (broad SMARTS) is 1. The first-order valence-corrected chi connectivity index (χ1v) is 4.33. The summed E-state index contributed by atoms with van der Waals surface area (Å²) in [6.45, 7) is 0. The zero-order chi connectivity index (χ0) is 11.6. The molecule has 0 aromatic carbocycles. The van der Waals surface area contributed by atoms with E-state index in [1.54, 1.807) is 0 Å². The molecule has 0 radical (unpaired) electrons. The number of carboxylic acids is 1. The number of aliphatic carboxylic acids is 1. The van der Waals surface area contributed by atoms with Gasteiger partial charge in [-0.1, -0.05) is 0 Å². The second kappa shape index (κ2) is 4.86. The lowest BCUT2D eigenvalue weighted by atomic mass is 9.98. The summed E-state index contributed by atoms with van der Waals surface area (Å²) >= 11 is 0. The molecule has 0 bridgehead atoms. The van der Waals surface area contributed by atoms with Gasteiger partial charge in [0.05, 0.1) is 0 Å². The van der Waals surface area contributed by atoms with Crippen LogP contribution in [0.5, 0.6) is 0 Å². The zero-order valence-electron chi connectivity index (χ0n) is 8.36. The Morgan fingerprint density at radius 2 is 1.73 bits per heavy atom. The Bertz CT molecular complexity index is 231. The highest BCUT2D eigenvalue weighted by Crippen LogP contribution is 2.23. The molecule has 0 saturated carbocycles. The quantitative estimate of drug-likeness (QED) is 0.516. The van der Waals surface area contributed by atoms with E-state index in [0.29, 0.717) is 0 Å². The number of methoxy groups -OCH3 is 2. The Morgan fingerprint density at radius 3 is 2.13 bits per heavy atom. The lowest BCUT2D eigenvalue weighted by molar-refractivity contribution is -0.288. The van der Waals surface area contributed by atoms with Gasteiger partial charge in [-0.15, -0.1) is 0 Å². The van der Waals surface area contributed by atoms with Gasteiger partial charge in [0, 0.05) is 14.2 Å². The highest BCUT2D eigenvalue weighted by atomic mass is 16.7. The third-order valence-corrected chi connectivity index (χ3v) is 2.33. The van der Waals surface area contributed by atoms with Crippen molar-refractivity contribution in [3.05, 3.63) is 0 Å².